The van der Waals surface area contributed by atoms with Crippen molar-refractivity contribution in [2.75, 3.05) is 19.7 Å². The molecule has 26 heavy (non-hydrogen) atoms. The molecule has 5 nitrogen and oxygen atoms in total. The van der Waals surface area contributed by atoms with Crippen LogP contribution in [0.3, 0.4) is 0 Å². The Labute approximate surface area is 155 Å². The van der Waals surface area contributed by atoms with Gasteiger partial charge in [0.1, 0.15) is 5.82 Å². The van der Waals surface area contributed by atoms with Gasteiger partial charge in [-0.2, -0.15) is 10.2 Å². The first-order valence-corrected chi connectivity index (χ1v) is 9.21. The highest BCUT2D eigenvalue weighted by Gasteiger charge is 2.20. The first-order chi connectivity index (χ1) is 12.5. The van der Waals surface area contributed by atoms with Gasteiger partial charge >= 0.3 is 0 Å². The molecule has 0 atom stereocenters. The van der Waals surface area contributed by atoms with E-state index < -0.39 is 0 Å². The fourth-order valence-electron chi connectivity index (χ4n) is 3.33. The monoisotopic (exact) mass is 350 g/mol. The van der Waals surface area contributed by atoms with Gasteiger partial charge in [-0.1, -0.05) is 12.1 Å². The Kier molecular flexibility index (Phi) is 5.85. The molecule has 0 aliphatic carbocycles. The summed E-state index contributed by atoms with van der Waals surface area (Å²) in [6.07, 6.45) is 2.27. The summed E-state index contributed by atoms with van der Waals surface area (Å²) in [4.78, 5) is 11.3. The number of aromatic nitrogens is 2. The Morgan fingerprint density at radius 1 is 1.12 bits per heavy atom. The molecule has 0 spiro atoms. The minimum absolute atomic E-state index is 0.571. The maximum atomic E-state index is 8.88. The molecule has 2 heterocycles. The van der Waals surface area contributed by atoms with Crippen LogP contribution >= 0.6 is 0 Å². The van der Waals surface area contributed by atoms with Crippen LogP contribution in [0.1, 0.15) is 41.1 Å². The van der Waals surface area contributed by atoms with Gasteiger partial charge in [0.2, 0.25) is 5.88 Å². The van der Waals surface area contributed by atoms with Crippen LogP contribution in [0.5, 0.6) is 5.88 Å². The first-order valence-electron chi connectivity index (χ1n) is 9.21. The molecule has 0 unspecified atom stereocenters. The molecule has 1 saturated heterocycles. The molecule has 2 aromatic rings. The van der Waals surface area contributed by atoms with Gasteiger partial charge in [0.15, 0.2) is 0 Å². The van der Waals surface area contributed by atoms with E-state index in [1.807, 2.05) is 32.9 Å². The molecule has 1 fully saturated rings. The lowest BCUT2D eigenvalue weighted by Crippen LogP contribution is -2.35. The first kappa shape index (κ1) is 18.3. The molecule has 0 bridgehead atoms. The van der Waals surface area contributed by atoms with Crippen molar-refractivity contribution in [3.05, 3.63) is 52.5 Å². The molecule has 0 saturated carbocycles. The quantitative estimate of drug-likeness (QED) is 0.825. The number of hydrogen-bond donors (Lipinski definition) is 0. The largest absolute Gasteiger partial charge is 0.477 e. The number of likely N-dealkylation sites (tertiary alicyclic amines) is 1. The molecule has 136 valence electrons. The van der Waals surface area contributed by atoms with Gasteiger partial charge in [-0.05, 0) is 70.3 Å². The zero-order valence-electron chi connectivity index (χ0n) is 15.8. The van der Waals surface area contributed by atoms with Gasteiger partial charge in [-0.3, -0.25) is 4.90 Å². The minimum Gasteiger partial charge on any atom is -0.477 e. The number of nitriles is 1. The molecule has 1 aromatic carbocycles. The number of nitrogens with zero attached hydrogens (tertiary/aromatic N) is 4. The molecule has 0 N–H and O–H groups in total. The highest BCUT2D eigenvalue weighted by molar-refractivity contribution is 5.31. The SMILES string of the molecule is Cc1nc(C)c(C)c(OCC2CCN(Cc3ccc(C#N)cc3)CC2)n1. The lowest BCUT2D eigenvalue weighted by Gasteiger charge is -2.31. The van der Waals surface area contributed by atoms with Crippen molar-refractivity contribution in [3.8, 4) is 11.9 Å². The molecule has 3 rings (SSSR count). The summed E-state index contributed by atoms with van der Waals surface area (Å²) in [6.45, 7) is 9.75. The number of piperidine rings is 1. The zero-order valence-corrected chi connectivity index (χ0v) is 15.8. The van der Waals surface area contributed by atoms with Crippen LogP contribution in [0.15, 0.2) is 24.3 Å². The van der Waals surface area contributed by atoms with Gasteiger partial charge in [0, 0.05) is 17.8 Å². The number of ether oxygens (including phenoxy) is 1. The maximum Gasteiger partial charge on any atom is 0.219 e. The number of rotatable bonds is 5. The second kappa shape index (κ2) is 8.29. The molecule has 1 aliphatic heterocycles. The van der Waals surface area contributed by atoms with E-state index >= 15 is 0 Å². The number of aryl methyl sites for hydroxylation is 2. The van der Waals surface area contributed by atoms with Gasteiger partial charge in [0.25, 0.3) is 0 Å². The second-order valence-corrected chi connectivity index (χ2v) is 7.13. The Hall–Kier alpha value is -2.45. The van der Waals surface area contributed by atoms with Crippen molar-refractivity contribution in [3.63, 3.8) is 0 Å². The summed E-state index contributed by atoms with van der Waals surface area (Å²) in [6, 6.07) is 10.1. The molecular formula is C21H26N4O. The third-order valence-corrected chi connectivity index (χ3v) is 5.11. The van der Waals surface area contributed by atoms with E-state index in [1.165, 1.54) is 5.56 Å². The topological polar surface area (TPSA) is 62.0 Å². The smallest absolute Gasteiger partial charge is 0.219 e. The average molecular weight is 350 g/mol. The fourth-order valence-corrected chi connectivity index (χ4v) is 3.33. The molecule has 0 radical (unpaired) electrons. The Morgan fingerprint density at radius 2 is 1.81 bits per heavy atom. The third kappa shape index (κ3) is 4.59. The Balaban J connectivity index is 1.47. The molecule has 5 heteroatoms. The summed E-state index contributed by atoms with van der Waals surface area (Å²) in [5.74, 6) is 2.07. The van der Waals surface area contributed by atoms with E-state index in [0.717, 1.165) is 67.6 Å². The van der Waals surface area contributed by atoms with E-state index in [0.29, 0.717) is 5.92 Å². The summed E-state index contributed by atoms with van der Waals surface area (Å²) in [5.41, 5.74) is 4.01. The Morgan fingerprint density at radius 3 is 2.46 bits per heavy atom. The van der Waals surface area contributed by atoms with Gasteiger partial charge in [0.05, 0.1) is 18.2 Å². The standard InChI is InChI=1S/C21H26N4O/c1-15-16(2)23-17(3)24-21(15)26-14-20-8-10-25(11-9-20)13-19-6-4-18(12-22)5-7-19/h4-7,20H,8-11,13-14H2,1-3H3. The van der Waals surface area contributed by atoms with Crippen LogP contribution in [0.4, 0.5) is 0 Å². The van der Waals surface area contributed by atoms with Crippen LogP contribution in [0.25, 0.3) is 0 Å². The molecule has 1 aliphatic rings. The average Bonchev–Trinajstić information content (AvgIpc) is 2.65. The van der Waals surface area contributed by atoms with Gasteiger partial charge < -0.3 is 4.74 Å². The van der Waals surface area contributed by atoms with Crippen LogP contribution in [-0.2, 0) is 6.54 Å². The highest BCUT2D eigenvalue weighted by atomic mass is 16.5. The molecular weight excluding hydrogens is 324 g/mol. The summed E-state index contributed by atoms with van der Waals surface area (Å²) < 4.78 is 6.02. The highest BCUT2D eigenvalue weighted by Crippen LogP contribution is 2.22. The van der Waals surface area contributed by atoms with Crippen molar-refractivity contribution in [1.29, 1.82) is 5.26 Å². The lowest BCUT2D eigenvalue weighted by molar-refractivity contribution is 0.134. The summed E-state index contributed by atoms with van der Waals surface area (Å²) in [7, 11) is 0. The lowest BCUT2D eigenvalue weighted by atomic mass is 9.97. The van der Waals surface area contributed by atoms with E-state index in [-0.39, 0.29) is 0 Å². The Bertz CT molecular complexity index is 787. The van der Waals surface area contributed by atoms with Crippen molar-refractivity contribution < 1.29 is 4.74 Å². The normalized spacial score (nSPS) is 15.6. The molecule has 0 amide bonds. The zero-order chi connectivity index (χ0) is 18.5. The predicted molar refractivity (Wildman–Crippen MR) is 101 cm³/mol. The van der Waals surface area contributed by atoms with Crippen molar-refractivity contribution >= 4 is 0 Å². The van der Waals surface area contributed by atoms with E-state index in [4.69, 9.17) is 10.00 Å². The van der Waals surface area contributed by atoms with Crippen LogP contribution in [-0.4, -0.2) is 34.6 Å². The maximum absolute atomic E-state index is 8.88. The summed E-state index contributed by atoms with van der Waals surface area (Å²) >= 11 is 0. The van der Waals surface area contributed by atoms with E-state index in [2.05, 4.69) is 33.1 Å². The number of benzene rings is 1. The van der Waals surface area contributed by atoms with E-state index in [9.17, 15) is 0 Å². The third-order valence-electron chi connectivity index (χ3n) is 5.11. The van der Waals surface area contributed by atoms with Crippen molar-refractivity contribution in [2.45, 2.75) is 40.2 Å². The second-order valence-electron chi connectivity index (χ2n) is 7.13. The van der Waals surface area contributed by atoms with Crippen LogP contribution in [0.2, 0.25) is 0 Å². The predicted octanol–water partition coefficient (Wildman–Crippen LogP) is 3.56. The van der Waals surface area contributed by atoms with Crippen LogP contribution < -0.4 is 4.74 Å². The number of hydrogen-bond acceptors (Lipinski definition) is 5. The minimum atomic E-state index is 0.571. The van der Waals surface area contributed by atoms with Crippen molar-refractivity contribution in [2.24, 2.45) is 5.92 Å². The van der Waals surface area contributed by atoms with Crippen molar-refractivity contribution in [1.82, 2.24) is 14.9 Å². The molecule has 1 aromatic heterocycles. The van der Waals surface area contributed by atoms with Gasteiger partial charge in [-0.25, -0.2) is 4.98 Å². The fraction of sp³-hybridized carbons (Fsp3) is 0.476. The van der Waals surface area contributed by atoms with E-state index in [1.54, 1.807) is 0 Å². The summed E-state index contributed by atoms with van der Waals surface area (Å²) in [5, 5.41) is 8.88. The van der Waals surface area contributed by atoms with Crippen LogP contribution in [0, 0.1) is 38.0 Å². The van der Waals surface area contributed by atoms with Gasteiger partial charge in [-0.15, -0.1) is 0 Å².